The molecular weight excluding hydrogens is 717 g/mol. The van der Waals surface area contributed by atoms with E-state index in [1.807, 2.05) is 12.1 Å². The number of hydrogen-bond donors (Lipinski definition) is 0. The third kappa shape index (κ3) is 5.87. The van der Waals surface area contributed by atoms with Gasteiger partial charge < -0.3 is 13.9 Å². The lowest BCUT2D eigenvalue weighted by atomic mass is 9.63. The molecule has 11 rings (SSSR count). The molecule has 0 N–H and O–H groups in total. The van der Waals surface area contributed by atoms with Gasteiger partial charge in [0.2, 0.25) is 0 Å². The van der Waals surface area contributed by atoms with Crippen LogP contribution in [-0.2, 0) is 10.8 Å². The standard InChI is InChI=1S/C56H46N2O/c1-55(2)32-33-56(3,4)50-35-43(28-31-49(50)55)58-51-16-10-8-14-45(51)46-30-27-44(36-52(46)58)57(41-23-18-38(19-24-41)37-12-6-5-7-13-37)42-25-20-39(21-26-42)40-22-29-48-47-15-9-11-17-53(47)59-54(48)34-40/h5-31,34-36H,32-33H2,1-4H3. The van der Waals surface area contributed by atoms with E-state index < -0.39 is 0 Å². The van der Waals surface area contributed by atoms with Crippen LogP contribution >= 0.6 is 0 Å². The molecule has 0 saturated carbocycles. The average molecular weight is 763 g/mol. The van der Waals surface area contributed by atoms with Crippen LogP contribution in [0.3, 0.4) is 0 Å². The molecule has 0 spiro atoms. The maximum atomic E-state index is 6.27. The first kappa shape index (κ1) is 35.3. The van der Waals surface area contributed by atoms with Crippen LogP contribution in [0.2, 0.25) is 0 Å². The van der Waals surface area contributed by atoms with Crippen molar-refractivity contribution >= 4 is 60.8 Å². The fourth-order valence-electron chi connectivity index (χ4n) is 9.68. The summed E-state index contributed by atoms with van der Waals surface area (Å²) in [6.45, 7) is 9.64. The molecule has 8 aromatic carbocycles. The molecule has 0 saturated heterocycles. The van der Waals surface area contributed by atoms with Gasteiger partial charge in [-0.15, -0.1) is 0 Å². The molecule has 0 aliphatic heterocycles. The predicted molar refractivity (Wildman–Crippen MR) is 249 cm³/mol. The number of anilines is 3. The Kier molecular flexibility index (Phi) is 8.00. The highest BCUT2D eigenvalue weighted by atomic mass is 16.3. The molecular formula is C56H46N2O. The van der Waals surface area contributed by atoms with E-state index in [1.54, 1.807) is 0 Å². The summed E-state index contributed by atoms with van der Waals surface area (Å²) in [6.07, 6.45) is 2.38. The molecule has 0 atom stereocenters. The van der Waals surface area contributed by atoms with E-state index in [0.717, 1.165) is 50.1 Å². The summed E-state index contributed by atoms with van der Waals surface area (Å²) in [5, 5.41) is 4.80. The number of rotatable bonds is 6. The van der Waals surface area contributed by atoms with Gasteiger partial charge in [-0.05, 0) is 130 Å². The number of hydrogen-bond acceptors (Lipinski definition) is 2. The highest BCUT2D eigenvalue weighted by Crippen LogP contribution is 2.47. The third-order valence-corrected chi connectivity index (χ3v) is 13.1. The highest BCUT2D eigenvalue weighted by molar-refractivity contribution is 6.10. The van der Waals surface area contributed by atoms with E-state index in [0.29, 0.717) is 0 Å². The van der Waals surface area contributed by atoms with Crippen LogP contribution < -0.4 is 4.90 Å². The van der Waals surface area contributed by atoms with Gasteiger partial charge >= 0.3 is 0 Å². The Balaban J connectivity index is 1.06. The lowest BCUT2D eigenvalue weighted by molar-refractivity contribution is 0.332. The second kappa shape index (κ2) is 13.4. The summed E-state index contributed by atoms with van der Waals surface area (Å²) >= 11 is 0. The van der Waals surface area contributed by atoms with Gasteiger partial charge in [0.15, 0.2) is 0 Å². The van der Waals surface area contributed by atoms with Crippen LogP contribution in [0.25, 0.3) is 71.7 Å². The summed E-state index contributed by atoms with van der Waals surface area (Å²) in [7, 11) is 0. The molecule has 1 aliphatic rings. The van der Waals surface area contributed by atoms with E-state index in [-0.39, 0.29) is 10.8 Å². The number of aromatic nitrogens is 1. The Morgan fingerprint density at radius 2 is 0.949 bits per heavy atom. The highest BCUT2D eigenvalue weighted by Gasteiger charge is 2.37. The average Bonchev–Trinajstić information content (AvgIpc) is 3.81. The first-order valence-corrected chi connectivity index (χ1v) is 20.9. The van der Waals surface area contributed by atoms with Gasteiger partial charge in [0, 0.05) is 44.3 Å². The zero-order chi connectivity index (χ0) is 39.9. The Hall–Kier alpha value is -6.84. The number of furan rings is 1. The maximum Gasteiger partial charge on any atom is 0.136 e. The molecule has 0 fully saturated rings. The van der Waals surface area contributed by atoms with Gasteiger partial charge in [0.1, 0.15) is 11.2 Å². The smallest absolute Gasteiger partial charge is 0.136 e. The molecule has 2 heterocycles. The summed E-state index contributed by atoms with van der Waals surface area (Å²) < 4.78 is 8.75. The van der Waals surface area contributed by atoms with Gasteiger partial charge in [-0.3, -0.25) is 0 Å². The van der Waals surface area contributed by atoms with Crippen LogP contribution in [0, 0.1) is 0 Å². The van der Waals surface area contributed by atoms with Crippen molar-refractivity contribution in [2.45, 2.75) is 51.4 Å². The Morgan fingerprint density at radius 1 is 0.407 bits per heavy atom. The van der Waals surface area contributed by atoms with E-state index in [1.165, 1.54) is 62.6 Å². The fraction of sp³-hybridized carbons (Fsp3) is 0.143. The molecule has 0 bridgehead atoms. The quantitative estimate of drug-likeness (QED) is 0.168. The van der Waals surface area contributed by atoms with Crippen LogP contribution in [0.5, 0.6) is 0 Å². The van der Waals surface area contributed by atoms with E-state index in [9.17, 15) is 0 Å². The topological polar surface area (TPSA) is 21.3 Å². The third-order valence-electron chi connectivity index (χ3n) is 13.1. The van der Waals surface area contributed by atoms with Gasteiger partial charge in [0.25, 0.3) is 0 Å². The Bertz CT molecular complexity index is 3200. The predicted octanol–water partition coefficient (Wildman–Crippen LogP) is 15.8. The molecule has 0 unspecified atom stereocenters. The SMILES string of the molecule is CC1(C)CCC(C)(C)c2cc(-n3c4ccccc4c4ccc(N(c5ccc(-c6ccccc6)cc5)c5ccc(-c6ccc7c(c6)oc6ccccc67)cc5)cc43)ccc21. The summed E-state index contributed by atoms with van der Waals surface area (Å²) in [5.41, 5.74) is 16.6. The minimum absolute atomic E-state index is 0.109. The first-order valence-electron chi connectivity index (χ1n) is 20.9. The van der Waals surface area contributed by atoms with Gasteiger partial charge in [0.05, 0.1) is 11.0 Å². The van der Waals surface area contributed by atoms with Crippen molar-refractivity contribution in [1.82, 2.24) is 4.57 Å². The largest absolute Gasteiger partial charge is 0.456 e. The van der Waals surface area contributed by atoms with E-state index in [4.69, 9.17) is 4.42 Å². The minimum Gasteiger partial charge on any atom is -0.456 e. The van der Waals surface area contributed by atoms with Crippen LogP contribution in [0.4, 0.5) is 17.1 Å². The maximum absolute atomic E-state index is 6.27. The van der Waals surface area contributed by atoms with Crippen LogP contribution in [-0.4, -0.2) is 4.57 Å². The van der Waals surface area contributed by atoms with Gasteiger partial charge in [-0.1, -0.05) is 137 Å². The monoisotopic (exact) mass is 762 g/mol. The van der Waals surface area contributed by atoms with Crippen molar-refractivity contribution in [2.24, 2.45) is 0 Å². The second-order valence-electron chi connectivity index (χ2n) is 17.7. The molecule has 3 nitrogen and oxygen atoms in total. The molecule has 3 heteroatoms. The molecule has 59 heavy (non-hydrogen) atoms. The molecule has 2 aromatic heterocycles. The first-order chi connectivity index (χ1) is 28.7. The molecule has 0 amide bonds. The fourth-order valence-corrected chi connectivity index (χ4v) is 9.68. The van der Waals surface area contributed by atoms with Crippen LogP contribution in [0.15, 0.2) is 186 Å². The lowest BCUT2D eigenvalue weighted by Crippen LogP contribution is -2.33. The van der Waals surface area contributed by atoms with E-state index >= 15 is 0 Å². The lowest BCUT2D eigenvalue weighted by Gasteiger charge is -2.42. The van der Waals surface area contributed by atoms with Crippen molar-refractivity contribution in [3.63, 3.8) is 0 Å². The number of nitrogens with zero attached hydrogens (tertiary/aromatic N) is 2. The van der Waals surface area contributed by atoms with E-state index in [2.05, 4.69) is 207 Å². The minimum atomic E-state index is 0.109. The molecule has 1 aliphatic carbocycles. The van der Waals surface area contributed by atoms with Crippen LogP contribution in [0.1, 0.15) is 51.7 Å². The molecule has 0 radical (unpaired) electrons. The zero-order valence-electron chi connectivity index (χ0n) is 34.0. The summed E-state index contributed by atoms with van der Waals surface area (Å²) in [4.78, 5) is 2.39. The number of fused-ring (bicyclic) bond motifs is 7. The van der Waals surface area contributed by atoms with Gasteiger partial charge in [-0.2, -0.15) is 0 Å². The number of para-hydroxylation sites is 2. The molecule has 286 valence electrons. The van der Waals surface area contributed by atoms with Crippen molar-refractivity contribution in [2.75, 3.05) is 4.90 Å². The van der Waals surface area contributed by atoms with Crippen molar-refractivity contribution in [1.29, 1.82) is 0 Å². The summed E-state index contributed by atoms with van der Waals surface area (Å²) in [5.74, 6) is 0. The Labute approximate surface area is 345 Å². The second-order valence-corrected chi connectivity index (χ2v) is 17.7. The Morgan fingerprint density at radius 3 is 1.69 bits per heavy atom. The number of benzene rings is 8. The summed E-state index contributed by atoms with van der Waals surface area (Å²) in [6, 6.07) is 66.4. The normalized spacial score (nSPS) is 14.6. The van der Waals surface area contributed by atoms with Crippen molar-refractivity contribution < 1.29 is 4.42 Å². The van der Waals surface area contributed by atoms with Crippen molar-refractivity contribution in [3.05, 3.63) is 193 Å². The zero-order valence-corrected chi connectivity index (χ0v) is 34.0. The van der Waals surface area contributed by atoms with Gasteiger partial charge in [-0.25, -0.2) is 0 Å². The molecule has 10 aromatic rings. The van der Waals surface area contributed by atoms with Crippen molar-refractivity contribution in [3.8, 4) is 27.9 Å².